The standard InChI is InChI=1S/C16H18BrN3/c17-13-3-1-2-11-12(13)8-14-15(11)20-16(19-14)9-4-6-10(18)7-5-9/h1-3,9-10H,4-8,18H2,(H,19,20). The van der Waals surface area contributed by atoms with Crippen LogP contribution in [-0.4, -0.2) is 16.0 Å². The molecule has 0 spiro atoms. The summed E-state index contributed by atoms with van der Waals surface area (Å²) in [4.78, 5) is 8.48. The van der Waals surface area contributed by atoms with Gasteiger partial charge < -0.3 is 10.7 Å². The zero-order valence-electron chi connectivity index (χ0n) is 11.3. The molecule has 3 N–H and O–H groups in total. The molecule has 0 unspecified atom stereocenters. The van der Waals surface area contributed by atoms with Crippen LogP contribution in [0, 0.1) is 0 Å². The smallest absolute Gasteiger partial charge is 0.110 e. The molecule has 2 aliphatic rings. The SMILES string of the molecule is NC1CCC(c2nc3c([nH]2)Cc2c(Br)cccc2-3)CC1. The third-order valence-corrected chi connectivity index (χ3v) is 5.43. The Morgan fingerprint density at radius 2 is 2.00 bits per heavy atom. The lowest BCUT2D eigenvalue weighted by Gasteiger charge is -2.24. The Hall–Kier alpha value is -1.13. The first kappa shape index (κ1) is 12.6. The van der Waals surface area contributed by atoms with Crippen LogP contribution in [-0.2, 0) is 6.42 Å². The normalized spacial score (nSPS) is 24.5. The van der Waals surface area contributed by atoms with E-state index < -0.39 is 0 Å². The van der Waals surface area contributed by atoms with E-state index in [1.54, 1.807) is 0 Å². The number of nitrogens with two attached hydrogens (primary N) is 1. The highest BCUT2D eigenvalue weighted by Crippen LogP contribution is 2.40. The summed E-state index contributed by atoms with van der Waals surface area (Å²) in [6.45, 7) is 0. The molecule has 4 heteroatoms. The van der Waals surface area contributed by atoms with Crippen LogP contribution in [0.5, 0.6) is 0 Å². The van der Waals surface area contributed by atoms with Gasteiger partial charge in [-0.15, -0.1) is 0 Å². The molecular weight excluding hydrogens is 314 g/mol. The summed E-state index contributed by atoms with van der Waals surface area (Å²) in [6, 6.07) is 6.76. The van der Waals surface area contributed by atoms with Crippen LogP contribution in [0.2, 0.25) is 0 Å². The Bertz CT molecular complexity index is 654. The molecule has 1 aromatic heterocycles. The molecule has 0 aliphatic heterocycles. The van der Waals surface area contributed by atoms with Crippen molar-refractivity contribution < 1.29 is 0 Å². The lowest BCUT2D eigenvalue weighted by Crippen LogP contribution is -2.26. The van der Waals surface area contributed by atoms with Gasteiger partial charge in [0.25, 0.3) is 0 Å². The number of nitrogens with zero attached hydrogens (tertiary/aromatic N) is 1. The molecule has 0 saturated heterocycles. The zero-order chi connectivity index (χ0) is 13.7. The summed E-state index contributed by atoms with van der Waals surface area (Å²) >= 11 is 3.64. The minimum atomic E-state index is 0.393. The summed E-state index contributed by atoms with van der Waals surface area (Å²) in [5.41, 5.74) is 11.1. The number of aromatic amines is 1. The molecule has 1 fully saturated rings. The van der Waals surface area contributed by atoms with Crippen LogP contribution in [0.1, 0.15) is 48.7 Å². The fourth-order valence-electron chi connectivity index (χ4n) is 3.50. The van der Waals surface area contributed by atoms with Gasteiger partial charge in [0.2, 0.25) is 0 Å². The number of H-pyrrole nitrogens is 1. The molecule has 4 rings (SSSR count). The van der Waals surface area contributed by atoms with Gasteiger partial charge in [-0.2, -0.15) is 0 Å². The van der Waals surface area contributed by atoms with Crippen LogP contribution >= 0.6 is 15.9 Å². The van der Waals surface area contributed by atoms with Gasteiger partial charge in [-0.1, -0.05) is 28.1 Å². The topological polar surface area (TPSA) is 54.7 Å². The van der Waals surface area contributed by atoms with Crippen molar-refractivity contribution >= 4 is 15.9 Å². The molecule has 1 saturated carbocycles. The van der Waals surface area contributed by atoms with Crippen molar-refractivity contribution in [1.82, 2.24) is 9.97 Å². The number of imidazole rings is 1. The van der Waals surface area contributed by atoms with Gasteiger partial charge in [0, 0.05) is 34.1 Å². The van der Waals surface area contributed by atoms with Crippen molar-refractivity contribution in [2.45, 2.75) is 44.1 Å². The van der Waals surface area contributed by atoms with Gasteiger partial charge in [0.1, 0.15) is 5.82 Å². The van der Waals surface area contributed by atoms with E-state index in [0.29, 0.717) is 12.0 Å². The minimum absolute atomic E-state index is 0.393. The quantitative estimate of drug-likeness (QED) is 0.713. The second kappa shape index (κ2) is 4.71. The van der Waals surface area contributed by atoms with Gasteiger partial charge in [-0.25, -0.2) is 4.98 Å². The van der Waals surface area contributed by atoms with Crippen LogP contribution in [0.3, 0.4) is 0 Å². The average Bonchev–Trinajstić information content (AvgIpc) is 2.99. The van der Waals surface area contributed by atoms with Crippen molar-refractivity contribution in [3.8, 4) is 11.3 Å². The van der Waals surface area contributed by atoms with Crippen molar-refractivity contribution in [2.24, 2.45) is 5.73 Å². The predicted molar refractivity (Wildman–Crippen MR) is 83.7 cm³/mol. The van der Waals surface area contributed by atoms with E-state index in [1.165, 1.54) is 40.0 Å². The van der Waals surface area contributed by atoms with Crippen molar-refractivity contribution in [2.75, 3.05) is 0 Å². The fourth-order valence-corrected chi connectivity index (χ4v) is 4.01. The minimum Gasteiger partial charge on any atom is -0.345 e. The lowest BCUT2D eigenvalue weighted by molar-refractivity contribution is 0.386. The molecule has 3 nitrogen and oxygen atoms in total. The molecule has 1 aromatic carbocycles. The summed E-state index contributed by atoms with van der Waals surface area (Å²) in [7, 11) is 0. The van der Waals surface area contributed by atoms with Crippen molar-refractivity contribution in [1.29, 1.82) is 0 Å². The van der Waals surface area contributed by atoms with E-state index in [4.69, 9.17) is 10.7 Å². The summed E-state index contributed by atoms with van der Waals surface area (Å²) < 4.78 is 1.19. The van der Waals surface area contributed by atoms with Crippen LogP contribution in [0.4, 0.5) is 0 Å². The van der Waals surface area contributed by atoms with E-state index in [2.05, 4.69) is 39.1 Å². The van der Waals surface area contributed by atoms with E-state index in [0.717, 1.165) is 25.0 Å². The molecule has 0 radical (unpaired) electrons. The first-order valence-electron chi connectivity index (χ1n) is 7.34. The molecule has 2 aromatic rings. The van der Waals surface area contributed by atoms with Crippen LogP contribution in [0.25, 0.3) is 11.3 Å². The van der Waals surface area contributed by atoms with Gasteiger partial charge in [-0.3, -0.25) is 0 Å². The Balaban J connectivity index is 1.67. The van der Waals surface area contributed by atoms with E-state index in [9.17, 15) is 0 Å². The number of nitrogens with one attached hydrogen (secondary N) is 1. The number of benzene rings is 1. The maximum absolute atomic E-state index is 5.99. The third kappa shape index (κ3) is 1.93. The third-order valence-electron chi connectivity index (χ3n) is 4.68. The van der Waals surface area contributed by atoms with Gasteiger partial charge >= 0.3 is 0 Å². The Labute approximate surface area is 127 Å². The molecule has 1 heterocycles. The maximum atomic E-state index is 5.99. The van der Waals surface area contributed by atoms with Gasteiger partial charge in [0.15, 0.2) is 0 Å². The Morgan fingerprint density at radius 3 is 2.80 bits per heavy atom. The van der Waals surface area contributed by atoms with E-state index >= 15 is 0 Å². The first-order valence-corrected chi connectivity index (χ1v) is 8.14. The predicted octanol–water partition coefficient (Wildman–Crippen LogP) is 3.73. The second-order valence-corrected chi connectivity index (χ2v) is 6.86. The molecule has 2 aliphatic carbocycles. The molecular formula is C16H18BrN3. The highest BCUT2D eigenvalue weighted by Gasteiger charge is 2.28. The Kier molecular flexibility index (Phi) is 2.97. The maximum Gasteiger partial charge on any atom is 0.110 e. The molecule has 20 heavy (non-hydrogen) atoms. The largest absolute Gasteiger partial charge is 0.345 e. The zero-order valence-corrected chi connectivity index (χ0v) is 12.9. The number of hydrogen-bond donors (Lipinski definition) is 2. The second-order valence-electron chi connectivity index (χ2n) is 6.00. The van der Waals surface area contributed by atoms with Crippen molar-refractivity contribution in [3.63, 3.8) is 0 Å². The average molecular weight is 332 g/mol. The Morgan fingerprint density at radius 1 is 1.20 bits per heavy atom. The molecule has 0 bridgehead atoms. The fraction of sp³-hybridized carbons (Fsp3) is 0.438. The highest BCUT2D eigenvalue weighted by molar-refractivity contribution is 9.10. The summed E-state index contributed by atoms with van der Waals surface area (Å²) in [6.07, 6.45) is 5.54. The number of fused-ring (bicyclic) bond motifs is 3. The van der Waals surface area contributed by atoms with Crippen LogP contribution < -0.4 is 5.73 Å². The summed E-state index contributed by atoms with van der Waals surface area (Å²) in [5.74, 6) is 1.74. The summed E-state index contributed by atoms with van der Waals surface area (Å²) in [5, 5.41) is 0. The lowest BCUT2D eigenvalue weighted by atomic mass is 9.86. The van der Waals surface area contributed by atoms with Crippen molar-refractivity contribution in [3.05, 3.63) is 39.8 Å². The first-order chi connectivity index (χ1) is 9.72. The monoisotopic (exact) mass is 331 g/mol. The van der Waals surface area contributed by atoms with Gasteiger partial charge in [-0.05, 0) is 37.3 Å². The number of hydrogen-bond acceptors (Lipinski definition) is 2. The van der Waals surface area contributed by atoms with E-state index in [1.807, 2.05) is 0 Å². The number of halogens is 1. The molecule has 104 valence electrons. The molecule has 0 atom stereocenters. The van der Waals surface area contributed by atoms with Gasteiger partial charge in [0.05, 0.1) is 5.69 Å². The molecule has 0 amide bonds. The van der Waals surface area contributed by atoms with Crippen LogP contribution in [0.15, 0.2) is 22.7 Å². The number of aromatic nitrogens is 2. The number of rotatable bonds is 1. The van der Waals surface area contributed by atoms with E-state index in [-0.39, 0.29) is 0 Å². The highest BCUT2D eigenvalue weighted by atomic mass is 79.9.